The predicted octanol–water partition coefficient (Wildman–Crippen LogP) is 3.45. The molecule has 1 aromatic heterocycles. The number of esters is 1. The topological polar surface area (TPSA) is 39.2 Å². The minimum atomic E-state index is -0.400. The summed E-state index contributed by atoms with van der Waals surface area (Å²) >= 11 is 0. The molecular weight excluding hydrogens is 238 g/mol. The highest BCUT2D eigenvalue weighted by Gasteiger charge is 2.08. The molecule has 19 heavy (non-hydrogen) atoms. The smallest absolute Gasteiger partial charge is 0.344 e. The van der Waals surface area contributed by atoms with Crippen LogP contribution in [-0.4, -0.2) is 11.0 Å². The Morgan fingerprint density at radius 2 is 1.58 bits per heavy atom. The van der Waals surface area contributed by atoms with Gasteiger partial charge in [0.15, 0.2) is 0 Å². The number of para-hydroxylation sites is 1. The highest BCUT2D eigenvalue weighted by atomic mass is 16.5. The fraction of sp³-hybridized carbons (Fsp3) is 0. The van der Waals surface area contributed by atoms with Crippen LogP contribution in [0.2, 0.25) is 0 Å². The lowest BCUT2D eigenvalue weighted by Gasteiger charge is -2.04. The fourth-order valence-corrected chi connectivity index (χ4v) is 1.83. The van der Waals surface area contributed by atoms with Gasteiger partial charge in [0.1, 0.15) is 0 Å². The minimum Gasteiger partial charge on any atom is -0.404 e. The molecule has 0 radical (unpaired) electrons. The first kappa shape index (κ1) is 11.4. The van der Waals surface area contributed by atoms with Crippen molar-refractivity contribution in [2.24, 2.45) is 0 Å². The second-order valence-corrected chi connectivity index (χ2v) is 4.10. The number of ether oxygens (including phenoxy) is 1. The van der Waals surface area contributed by atoms with E-state index < -0.39 is 5.97 Å². The quantitative estimate of drug-likeness (QED) is 0.653. The maximum absolute atomic E-state index is 11.9. The Balaban J connectivity index is 1.87. The van der Waals surface area contributed by atoms with Crippen LogP contribution in [0, 0.1) is 0 Å². The molecule has 3 rings (SSSR count). The molecule has 0 aliphatic rings. The third kappa shape index (κ3) is 2.45. The molecular formula is C16H11NO2. The molecule has 92 valence electrons. The Morgan fingerprint density at radius 3 is 2.42 bits per heavy atom. The molecule has 0 amide bonds. The van der Waals surface area contributed by atoms with E-state index in [-0.39, 0.29) is 0 Å². The molecule has 3 nitrogen and oxygen atoms in total. The molecule has 0 saturated carbocycles. The summed E-state index contributed by atoms with van der Waals surface area (Å²) in [5.74, 6) is -0.0871. The molecule has 0 atom stereocenters. The lowest BCUT2D eigenvalue weighted by molar-refractivity contribution is 0.0728. The maximum atomic E-state index is 11.9. The molecule has 1 heterocycles. The lowest BCUT2D eigenvalue weighted by atomic mass is 10.2. The summed E-state index contributed by atoms with van der Waals surface area (Å²) in [6, 6.07) is 20.1. The molecule has 0 unspecified atom stereocenters. The average molecular weight is 249 g/mol. The van der Waals surface area contributed by atoms with Gasteiger partial charge in [-0.15, -0.1) is 0 Å². The minimum absolute atomic E-state index is 0.313. The zero-order valence-electron chi connectivity index (χ0n) is 10.1. The molecule has 3 aromatic rings. The summed E-state index contributed by atoms with van der Waals surface area (Å²) in [5, 5.41) is 1.02. The summed E-state index contributed by atoms with van der Waals surface area (Å²) < 4.78 is 5.26. The van der Waals surface area contributed by atoms with Gasteiger partial charge in [0.05, 0.1) is 11.1 Å². The van der Waals surface area contributed by atoms with E-state index in [1.807, 2.05) is 36.4 Å². The summed E-state index contributed by atoms with van der Waals surface area (Å²) in [6.45, 7) is 0. The monoisotopic (exact) mass is 249 g/mol. The van der Waals surface area contributed by atoms with Crippen molar-refractivity contribution in [2.45, 2.75) is 0 Å². The Hall–Kier alpha value is -2.68. The Labute approximate surface area is 110 Å². The number of pyridine rings is 1. The van der Waals surface area contributed by atoms with Crippen molar-refractivity contribution >= 4 is 16.9 Å². The SMILES string of the molecule is O=C(Oc1ccc2ccccc2n1)c1ccccc1. The number of aromatic nitrogens is 1. The molecule has 0 fully saturated rings. The van der Waals surface area contributed by atoms with E-state index in [0.29, 0.717) is 11.4 Å². The normalized spacial score (nSPS) is 10.3. The standard InChI is InChI=1S/C16H11NO2/c18-16(13-7-2-1-3-8-13)19-15-11-10-12-6-4-5-9-14(12)17-15/h1-11H. The van der Waals surface area contributed by atoms with Crippen LogP contribution in [0.4, 0.5) is 0 Å². The summed E-state index contributed by atoms with van der Waals surface area (Å²) in [7, 11) is 0. The van der Waals surface area contributed by atoms with Crippen molar-refractivity contribution in [2.75, 3.05) is 0 Å². The number of fused-ring (bicyclic) bond motifs is 1. The Kier molecular flexibility index (Phi) is 2.94. The summed E-state index contributed by atoms with van der Waals surface area (Å²) in [4.78, 5) is 16.2. The number of carbonyl (C=O) groups is 1. The third-order valence-electron chi connectivity index (χ3n) is 2.78. The number of nitrogens with zero attached hydrogens (tertiary/aromatic N) is 1. The van der Waals surface area contributed by atoms with E-state index in [4.69, 9.17) is 4.74 Å². The highest BCUT2D eigenvalue weighted by Crippen LogP contribution is 2.17. The number of carbonyl (C=O) groups excluding carboxylic acids is 1. The van der Waals surface area contributed by atoms with Gasteiger partial charge in [0, 0.05) is 11.5 Å². The van der Waals surface area contributed by atoms with E-state index in [1.165, 1.54) is 0 Å². The van der Waals surface area contributed by atoms with Crippen LogP contribution in [0.1, 0.15) is 10.4 Å². The predicted molar refractivity (Wildman–Crippen MR) is 73.1 cm³/mol. The van der Waals surface area contributed by atoms with Gasteiger partial charge in [-0.3, -0.25) is 0 Å². The van der Waals surface area contributed by atoms with Gasteiger partial charge < -0.3 is 4.74 Å². The maximum Gasteiger partial charge on any atom is 0.344 e. The first-order valence-electron chi connectivity index (χ1n) is 5.96. The van der Waals surface area contributed by atoms with E-state index in [9.17, 15) is 4.79 Å². The van der Waals surface area contributed by atoms with Gasteiger partial charge in [-0.25, -0.2) is 9.78 Å². The van der Waals surface area contributed by atoms with Crippen LogP contribution in [0.3, 0.4) is 0 Å². The second kappa shape index (κ2) is 4.90. The molecule has 0 aliphatic carbocycles. The van der Waals surface area contributed by atoms with Crippen molar-refractivity contribution in [3.05, 3.63) is 72.3 Å². The molecule has 0 N–H and O–H groups in total. The number of hydrogen-bond acceptors (Lipinski definition) is 3. The van der Waals surface area contributed by atoms with E-state index in [1.54, 1.807) is 30.3 Å². The van der Waals surface area contributed by atoms with Crippen molar-refractivity contribution < 1.29 is 9.53 Å². The highest BCUT2D eigenvalue weighted by molar-refractivity contribution is 5.91. The molecule has 0 spiro atoms. The van der Waals surface area contributed by atoms with E-state index >= 15 is 0 Å². The molecule has 2 aromatic carbocycles. The van der Waals surface area contributed by atoms with Crippen LogP contribution in [-0.2, 0) is 0 Å². The van der Waals surface area contributed by atoms with Crippen molar-refractivity contribution in [3.8, 4) is 5.88 Å². The largest absolute Gasteiger partial charge is 0.404 e. The van der Waals surface area contributed by atoms with Crippen LogP contribution < -0.4 is 4.74 Å². The van der Waals surface area contributed by atoms with Crippen LogP contribution >= 0.6 is 0 Å². The molecule has 0 saturated heterocycles. The van der Waals surface area contributed by atoms with Crippen molar-refractivity contribution in [1.29, 1.82) is 0 Å². The summed E-state index contributed by atoms with van der Waals surface area (Å²) in [5.41, 5.74) is 1.32. The van der Waals surface area contributed by atoms with E-state index in [2.05, 4.69) is 4.98 Å². The number of rotatable bonds is 2. The average Bonchev–Trinajstić information content (AvgIpc) is 2.48. The summed E-state index contributed by atoms with van der Waals surface area (Å²) in [6.07, 6.45) is 0. The molecule has 0 aliphatic heterocycles. The molecule has 3 heteroatoms. The zero-order valence-corrected chi connectivity index (χ0v) is 10.1. The fourth-order valence-electron chi connectivity index (χ4n) is 1.83. The molecule has 0 bridgehead atoms. The number of hydrogen-bond donors (Lipinski definition) is 0. The van der Waals surface area contributed by atoms with E-state index in [0.717, 1.165) is 10.9 Å². The van der Waals surface area contributed by atoms with Gasteiger partial charge in [0.25, 0.3) is 0 Å². The third-order valence-corrected chi connectivity index (χ3v) is 2.78. The van der Waals surface area contributed by atoms with Crippen LogP contribution in [0.5, 0.6) is 5.88 Å². The van der Waals surface area contributed by atoms with Crippen LogP contribution in [0.15, 0.2) is 66.7 Å². The van der Waals surface area contributed by atoms with Gasteiger partial charge in [-0.2, -0.15) is 0 Å². The van der Waals surface area contributed by atoms with Crippen molar-refractivity contribution in [1.82, 2.24) is 4.98 Å². The number of benzene rings is 2. The van der Waals surface area contributed by atoms with Crippen LogP contribution in [0.25, 0.3) is 10.9 Å². The van der Waals surface area contributed by atoms with Gasteiger partial charge in [0.2, 0.25) is 5.88 Å². The Morgan fingerprint density at radius 1 is 0.842 bits per heavy atom. The zero-order chi connectivity index (χ0) is 13.1. The Bertz CT molecular complexity index is 723. The van der Waals surface area contributed by atoms with Gasteiger partial charge in [-0.1, -0.05) is 36.4 Å². The van der Waals surface area contributed by atoms with Gasteiger partial charge in [-0.05, 0) is 24.3 Å². The first-order valence-corrected chi connectivity index (χ1v) is 5.96. The lowest BCUT2D eigenvalue weighted by Crippen LogP contribution is -2.09. The van der Waals surface area contributed by atoms with Gasteiger partial charge >= 0.3 is 5.97 Å². The first-order chi connectivity index (χ1) is 9.33. The second-order valence-electron chi connectivity index (χ2n) is 4.10. The van der Waals surface area contributed by atoms with Crippen molar-refractivity contribution in [3.63, 3.8) is 0 Å².